The first-order valence-corrected chi connectivity index (χ1v) is 17.6. The van der Waals surface area contributed by atoms with Gasteiger partial charge >= 0.3 is 0 Å². The Morgan fingerprint density at radius 2 is 1.52 bits per heavy atom. The van der Waals surface area contributed by atoms with Crippen molar-refractivity contribution in [2.45, 2.75) is 42.6 Å². The van der Waals surface area contributed by atoms with E-state index in [0.717, 1.165) is 14.8 Å². The van der Waals surface area contributed by atoms with E-state index >= 15 is 0 Å². The van der Waals surface area contributed by atoms with Gasteiger partial charge in [-0.2, -0.15) is 0 Å². The van der Waals surface area contributed by atoms with Gasteiger partial charge in [-0.1, -0.05) is 54.6 Å². The second kappa shape index (κ2) is 16.3. The van der Waals surface area contributed by atoms with Crippen LogP contribution in [0.2, 0.25) is 0 Å². The summed E-state index contributed by atoms with van der Waals surface area (Å²) < 4.78 is 49.3. The molecule has 0 aromatic heterocycles. The molecule has 0 aliphatic rings. The van der Waals surface area contributed by atoms with Crippen LogP contribution in [0.5, 0.6) is 5.75 Å². The minimum absolute atomic E-state index is 0.000882. The smallest absolute Gasteiger partial charge is 0.264 e. The molecule has 4 rings (SSSR count). The van der Waals surface area contributed by atoms with E-state index in [1.165, 1.54) is 40.9 Å². The topological polar surface area (TPSA) is 96.0 Å². The Labute approximate surface area is 274 Å². The molecule has 0 aliphatic carbocycles. The highest BCUT2D eigenvalue weighted by molar-refractivity contribution is 7.98. The molecule has 4 aromatic rings. The Bertz CT molecular complexity index is 1700. The fourth-order valence-electron chi connectivity index (χ4n) is 4.96. The number of nitrogens with one attached hydrogen (secondary N) is 1. The first-order valence-electron chi connectivity index (χ1n) is 14.9. The Morgan fingerprint density at radius 3 is 2.15 bits per heavy atom. The molecular weight excluding hydrogens is 626 g/mol. The van der Waals surface area contributed by atoms with E-state index < -0.39 is 40.2 Å². The zero-order valence-corrected chi connectivity index (χ0v) is 27.7. The third kappa shape index (κ3) is 8.67. The summed E-state index contributed by atoms with van der Waals surface area (Å²) in [5, 5.41) is 2.83. The van der Waals surface area contributed by atoms with Gasteiger partial charge in [0.25, 0.3) is 10.0 Å². The molecule has 0 unspecified atom stereocenters. The summed E-state index contributed by atoms with van der Waals surface area (Å²) in [6.07, 6.45) is 2.07. The van der Waals surface area contributed by atoms with Crippen LogP contribution in [0, 0.1) is 5.82 Å². The van der Waals surface area contributed by atoms with Gasteiger partial charge in [-0.05, 0) is 79.8 Å². The average Bonchev–Trinajstić information content (AvgIpc) is 3.07. The zero-order chi connectivity index (χ0) is 33.1. The monoisotopic (exact) mass is 663 g/mol. The highest BCUT2D eigenvalue weighted by Crippen LogP contribution is 2.33. The molecular formula is C35H38FN3O5S2. The third-order valence-corrected chi connectivity index (χ3v) is 9.77. The minimum Gasteiger partial charge on any atom is -0.492 e. The summed E-state index contributed by atoms with van der Waals surface area (Å²) in [7, 11) is -4.30. The van der Waals surface area contributed by atoms with Crippen molar-refractivity contribution >= 4 is 39.3 Å². The van der Waals surface area contributed by atoms with Crippen molar-refractivity contribution in [3.8, 4) is 5.75 Å². The van der Waals surface area contributed by atoms with E-state index in [-0.39, 0.29) is 35.9 Å². The molecule has 0 bridgehead atoms. The van der Waals surface area contributed by atoms with Crippen LogP contribution in [-0.2, 0) is 32.6 Å². The molecule has 0 spiro atoms. The normalized spacial score (nSPS) is 11.8. The number of sulfonamides is 1. The lowest BCUT2D eigenvalue weighted by molar-refractivity contribution is -0.140. The molecule has 8 nitrogen and oxygen atoms in total. The predicted octanol–water partition coefficient (Wildman–Crippen LogP) is 5.92. The van der Waals surface area contributed by atoms with E-state index in [1.54, 1.807) is 62.4 Å². The maximum Gasteiger partial charge on any atom is 0.264 e. The fourth-order valence-corrected chi connectivity index (χ4v) is 6.79. The van der Waals surface area contributed by atoms with Crippen LogP contribution >= 0.6 is 11.8 Å². The molecule has 242 valence electrons. The number of anilines is 1. The summed E-state index contributed by atoms with van der Waals surface area (Å²) in [5.74, 6) is -1.16. The van der Waals surface area contributed by atoms with E-state index in [4.69, 9.17) is 4.74 Å². The molecule has 0 aliphatic heterocycles. The summed E-state index contributed by atoms with van der Waals surface area (Å²) in [6.45, 7) is 3.49. The van der Waals surface area contributed by atoms with Gasteiger partial charge in [0, 0.05) is 24.4 Å². The number of carbonyl (C=O) groups is 2. The molecule has 2 amide bonds. The largest absolute Gasteiger partial charge is 0.492 e. The van der Waals surface area contributed by atoms with Gasteiger partial charge in [0.05, 0.1) is 17.2 Å². The predicted molar refractivity (Wildman–Crippen MR) is 180 cm³/mol. The Kier molecular flexibility index (Phi) is 12.2. The van der Waals surface area contributed by atoms with Gasteiger partial charge in [0.1, 0.15) is 24.2 Å². The summed E-state index contributed by atoms with van der Waals surface area (Å²) in [4.78, 5) is 30.4. The van der Waals surface area contributed by atoms with Crippen molar-refractivity contribution in [1.29, 1.82) is 0 Å². The fraction of sp³-hybridized carbons (Fsp3) is 0.257. The van der Waals surface area contributed by atoms with Gasteiger partial charge in [-0.15, -0.1) is 11.8 Å². The molecule has 1 N–H and O–H groups in total. The number of nitrogens with zero attached hydrogens (tertiary/aromatic N) is 2. The van der Waals surface area contributed by atoms with Crippen LogP contribution in [0.15, 0.2) is 113 Å². The van der Waals surface area contributed by atoms with Crippen LogP contribution in [0.25, 0.3) is 0 Å². The molecule has 0 saturated heterocycles. The minimum atomic E-state index is -4.30. The molecule has 0 radical (unpaired) electrons. The van der Waals surface area contributed by atoms with Crippen LogP contribution in [0.4, 0.5) is 10.1 Å². The van der Waals surface area contributed by atoms with Gasteiger partial charge in [-0.3, -0.25) is 13.9 Å². The molecule has 0 saturated carbocycles. The molecule has 1 atom stereocenters. The number of halogens is 1. The lowest BCUT2D eigenvalue weighted by atomic mass is 10.0. The first-order chi connectivity index (χ1) is 22.2. The van der Waals surface area contributed by atoms with Gasteiger partial charge < -0.3 is 15.0 Å². The Balaban J connectivity index is 1.82. The van der Waals surface area contributed by atoms with Crippen molar-refractivity contribution in [3.05, 3.63) is 120 Å². The zero-order valence-electron chi connectivity index (χ0n) is 26.1. The number of rotatable bonds is 15. The highest BCUT2D eigenvalue weighted by Gasteiger charge is 2.35. The maximum absolute atomic E-state index is 14.5. The number of hydrogen-bond donors (Lipinski definition) is 1. The van der Waals surface area contributed by atoms with Crippen molar-refractivity contribution in [2.75, 3.05) is 30.3 Å². The first kappa shape index (κ1) is 34.5. The van der Waals surface area contributed by atoms with Gasteiger partial charge in [0.15, 0.2) is 0 Å². The molecule has 11 heteroatoms. The third-order valence-electron chi connectivity index (χ3n) is 7.25. The van der Waals surface area contributed by atoms with Crippen molar-refractivity contribution < 1.29 is 27.1 Å². The quantitative estimate of drug-likeness (QED) is 0.159. The second-order valence-corrected chi connectivity index (χ2v) is 13.1. The lowest BCUT2D eigenvalue weighted by Crippen LogP contribution is -2.53. The summed E-state index contributed by atoms with van der Waals surface area (Å²) in [5.41, 5.74) is 1.58. The van der Waals surface area contributed by atoms with Gasteiger partial charge in [0.2, 0.25) is 11.8 Å². The molecule has 0 fully saturated rings. The van der Waals surface area contributed by atoms with Crippen LogP contribution in [0.1, 0.15) is 25.0 Å². The van der Waals surface area contributed by atoms with E-state index in [9.17, 15) is 22.4 Å². The maximum atomic E-state index is 14.5. The number of para-hydroxylation sites is 2. The van der Waals surface area contributed by atoms with E-state index in [0.29, 0.717) is 12.1 Å². The van der Waals surface area contributed by atoms with Gasteiger partial charge in [-0.25, -0.2) is 12.8 Å². The number of ether oxygens (including phenoxy) is 1. The van der Waals surface area contributed by atoms with Crippen LogP contribution in [0.3, 0.4) is 0 Å². The van der Waals surface area contributed by atoms with Crippen molar-refractivity contribution in [1.82, 2.24) is 10.2 Å². The van der Waals surface area contributed by atoms with Crippen LogP contribution < -0.4 is 14.4 Å². The second-order valence-electron chi connectivity index (χ2n) is 10.3. The number of carbonyl (C=O) groups excluding carboxylic acids is 2. The molecule has 46 heavy (non-hydrogen) atoms. The summed E-state index contributed by atoms with van der Waals surface area (Å²) >= 11 is 1.48. The van der Waals surface area contributed by atoms with Crippen molar-refractivity contribution in [3.63, 3.8) is 0 Å². The Morgan fingerprint density at radius 1 is 0.870 bits per heavy atom. The SMILES string of the molecule is CCNC(=O)[C@@H](Cc1ccccc1)N(Cc1ccc(F)cc1)C(=O)CN(c1ccccc1OCC)S(=O)(=O)c1ccc(SC)cc1. The number of thioether (sulfide) groups is 1. The van der Waals surface area contributed by atoms with E-state index in [2.05, 4.69) is 5.32 Å². The number of amides is 2. The summed E-state index contributed by atoms with van der Waals surface area (Å²) in [6, 6.07) is 27.0. The lowest BCUT2D eigenvalue weighted by Gasteiger charge is -2.34. The standard InChI is InChI=1S/C35H38FN3O5S2/c1-4-37-35(41)32(23-26-11-7-6-8-12-26)38(24-27-15-17-28(36)18-16-27)34(40)25-39(31-13-9-10-14-33(31)44-5-2)46(42,43)30-21-19-29(45-3)20-22-30/h6-22,32H,4-5,23-25H2,1-3H3,(H,37,41)/t32-/m1/s1. The van der Waals surface area contributed by atoms with Crippen LogP contribution in [-0.4, -0.2) is 57.1 Å². The highest BCUT2D eigenvalue weighted by atomic mass is 32.2. The van der Waals surface area contributed by atoms with E-state index in [1.807, 2.05) is 36.6 Å². The average molecular weight is 664 g/mol. The molecule has 0 heterocycles. The number of hydrogen-bond acceptors (Lipinski definition) is 6. The number of benzene rings is 4. The molecule has 4 aromatic carbocycles. The Hall–Kier alpha value is -4.35. The van der Waals surface area contributed by atoms with Crippen molar-refractivity contribution in [2.24, 2.45) is 0 Å². The number of likely N-dealkylation sites (N-methyl/N-ethyl adjacent to an activating group) is 1.